The van der Waals surface area contributed by atoms with E-state index in [2.05, 4.69) is 6.58 Å². The fraction of sp³-hybridized carbons (Fsp3) is 0.294. The molecule has 0 aromatic heterocycles. The summed E-state index contributed by atoms with van der Waals surface area (Å²) < 4.78 is 10.6. The van der Waals surface area contributed by atoms with Crippen LogP contribution in [0.5, 0.6) is 0 Å². The van der Waals surface area contributed by atoms with E-state index in [0.29, 0.717) is 0 Å². The summed E-state index contributed by atoms with van der Waals surface area (Å²) in [4.78, 5) is 0. The molecule has 0 heterocycles. The summed E-state index contributed by atoms with van der Waals surface area (Å²) in [6.07, 6.45) is 6.79. The van der Waals surface area contributed by atoms with Crippen LogP contribution in [-0.2, 0) is 15.1 Å². The maximum absolute atomic E-state index is 10.9. The summed E-state index contributed by atoms with van der Waals surface area (Å²) in [6, 6.07) is 7.68. The highest BCUT2D eigenvalue weighted by atomic mass is 16.7. The molecule has 3 heteroatoms. The van der Waals surface area contributed by atoms with Gasteiger partial charge in [-0.15, -0.1) is 0 Å². The molecule has 1 aromatic rings. The van der Waals surface area contributed by atoms with Crippen molar-refractivity contribution in [3.05, 3.63) is 66.3 Å². The number of aliphatic hydroxyl groups is 1. The van der Waals surface area contributed by atoms with Gasteiger partial charge in [0.15, 0.2) is 0 Å². The first-order valence-electron chi connectivity index (χ1n) is 6.45. The molecule has 0 saturated heterocycles. The summed E-state index contributed by atoms with van der Waals surface area (Å²) in [5, 5.41) is 10.9. The number of ether oxygens (including phenoxy) is 2. The highest BCUT2D eigenvalue weighted by molar-refractivity contribution is 5.66. The first kappa shape index (κ1) is 14.7. The van der Waals surface area contributed by atoms with Crippen LogP contribution in [0, 0.1) is 0 Å². The fourth-order valence-corrected chi connectivity index (χ4v) is 2.34. The Balaban J connectivity index is 2.45. The van der Waals surface area contributed by atoms with Crippen LogP contribution in [0.15, 0.2) is 55.1 Å². The molecule has 0 radical (unpaired) electrons. The Morgan fingerprint density at radius 3 is 2.10 bits per heavy atom. The quantitative estimate of drug-likeness (QED) is 0.676. The monoisotopic (exact) mass is 272 g/mol. The van der Waals surface area contributed by atoms with Crippen molar-refractivity contribution in [2.45, 2.75) is 18.3 Å². The van der Waals surface area contributed by atoms with Gasteiger partial charge >= 0.3 is 0 Å². The van der Waals surface area contributed by atoms with Gasteiger partial charge in [0.25, 0.3) is 0 Å². The zero-order valence-electron chi connectivity index (χ0n) is 12.1. The molecule has 0 saturated carbocycles. The molecule has 20 heavy (non-hydrogen) atoms. The second-order valence-corrected chi connectivity index (χ2v) is 4.95. The third kappa shape index (κ3) is 2.48. The molecule has 0 fully saturated rings. The second-order valence-electron chi connectivity index (χ2n) is 4.95. The zero-order chi connectivity index (χ0) is 14.8. The van der Waals surface area contributed by atoms with Crippen LogP contribution in [0.1, 0.15) is 18.1 Å². The van der Waals surface area contributed by atoms with Gasteiger partial charge in [0.1, 0.15) is 5.60 Å². The van der Waals surface area contributed by atoms with E-state index >= 15 is 0 Å². The maximum Gasteiger partial charge on any atom is 0.207 e. The Hall–Kier alpha value is -1.68. The van der Waals surface area contributed by atoms with E-state index in [4.69, 9.17) is 9.47 Å². The second kappa shape index (κ2) is 5.37. The van der Waals surface area contributed by atoms with Gasteiger partial charge in [-0.25, -0.2) is 0 Å². The Morgan fingerprint density at radius 2 is 1.60 bits per heavy atom. The van der Waals surface area contributed by atoms with Crippen molar-refractivity contribution >= 4 is 5.57 Å². The van der Waals surface area contributed by atoms with Crippen LogP contribution in [0.25, 0.3) is 5.57 Å². The SMILES string of the molecule is C=C(C)c1ccccc1C1(O)C=CC(OC)(OC)C=C1. The molecule has 2 rings (SSSR count). The molecule has 106 valence electrons. The molecule has 1 aliphatic rings. The molecular weight excluding hydrogens is 252 g/mol. The predicted octanol–water partition coefficient (Wildman–Crippen LogP) is 3.02. The van der Waals surface area contributed by atoms with Crippen LogP contribution in [0.4, 0.5) is 0 Å². The molecule has 1 aromatic carbocycles. The Kier molecular flexibility index (Phi) is 3.95. The smallest absolute Gasteiger partial charge is 0.207 e. The standard InChI is InChI=1S/C17H20O3/c1-13(2)14-7-5-6-8-15(14)16(18)9-11-17(19-3,20-4)12-10-16/h5-12,18H,1H2,2-4H3. The third-order valence-corrected chi connectivity index (χ3v) is 3.60. The van der Waals surface area contributed by atoms with Crippen LogP contribution in [-0.4, -0.2) is 25.1 Å². The van der Waals surface area contributed by atoms with Gasteiger partial charge in [-0.2, -0.15) is 0 Å². The van der Waals surface area contributed by atoms with E-state index < -0.39 is 11.4 Å². The lowest BCUT2D eigenvalue weighted by Gasteiger charge is -2.33. The average molecular weight is 272 g/mol. The predicted molar refractivity (Wildman–Crippen MR) is 80.1 cm³/mol. The normalized spacial score (nSPS) is 19.0. The Labute approximate surface area is 119 Å². The van der Waals surface area contributed by atoms with Crippen LogP contribution >= 0.6 is 0 Å². The van der Waals surface area contributed by atoms with Crippen LogP contribution in [0.2, 0.25) is 0 Å². The van der Waals surface area contributed by atoms with Crippen LogP contribution < -0.4 is 0 Å². The average Bonchev–Trinajstić information content (AvgIpc) is 2.48. The van der Waals surface area contributed by atoms with Crippen molar-refractivity contribution < 1.29 is 14.6 Å². The first-order valence-corrected chi connectivity index (χ1v) is 6.45. The van der Waals surface area contributed by atoms with Crippen molar-refractivity contribution in [2.75, 3.05) is 14.2 Å². The molecule has 0 unspecified atom stereocenters. The van der Waals surface area contributed by atoms with Gasteiger partial charge in [0.05, 0.1) is 0 Å². The number of hydrogen-bond donors (Lipinski definition) is 1. The van der Waals surface area contributed by atoms with Gasteiger partial charge in [0, 0.05) is 14.2 Å². The molecule has 0 spiro atoms. The minimum absolute atomic E-state index is 0.792. The summed E-state index contributed by atoms with van der Waals surface area (Å²) in [5.41, 5.74) is 1.45. The maximum atomic E-state index is 10.9. The molecule has 3 nitrogen and oxygen atoms in total. The van der Waals surface area contributed by atoms with E-state index in [9.17, 15) is 5.11 Å². The summed E-state index contributed by atoms with van der Waals surface area (Å²) in [7, 11) is 3.12. The van der Waals surface area contributed by atoms with Gasteiger partial charge in [0.2, 0.25) is 5.79 Å². The Morgan fingerprint density at radius 1 is 1.05 bits per heavy atom. The Bertz CT molecular complexity index is 549. The minimum atomic E-state index is -1.18. The lowest BCUT2D eigenvalue weighted by molar-refractivity contribution is -0.136. The van der Waals surface area contributed by atoms with Crippen molar-refractivity contribution in [3.63, 3.8) is 0 Å². The number of rotatable bonds is 4. The lowest BCUT2D eigenvalue weighted by atomic mass is 9.84. The fourth-order valence-electron chi connectivity index (χ4n) is 2.34. The van der Waals surface area contributed by atoms with Crippen LogP contribution in [0.3, 0.4) is 0 Å². The van der Waals surface area contributed by atoms with Crippen molar-refractivity contribution in [1.82, 2.24) is 0 Å². The molecule has 0 bridgehead atoms. The van der Waals surface area contributed by atoms with Gasteiger partial charge < -0.3 is 14.6 Å². The number of benzene rings is 1. The number of methoxy groups -OCH3 is 2. The molecule has 0 amide bonds. The highest BCUT2D eigenvalue weighted by Crippen LogP contribution is 2.35. The summed E-state index contributed by atoms with van der Waals surface area (Å²) in [5.74, 6) is -0.912. The topological polar surface area (TPSA) is 38.7 Å². The third-order valence-electron chi connectivity index (χ3n) is 3.60. The van der Waals surface area contributed by atoms with E-state index in [0.717, 1.165) is 16.7 Å². The van der Waals surface area contributed by atoms with E-state index in [1.807, 2.05) is 31.2 Å². The van der Waals surface area contributed by atoms with Crippen molar-refractivity contribution in [1.29, 1.82) is 0 Å². The van der Waals surface area contributed by atoms with Gasteiger partial charge in [-0.05, 0) is 42.4 Å². The molecule has 0 aliphatic heterocycles. The lowest BCUT2D eigenvalue weighted by Crippen LogP contribution is -2.35. The van der Waals surface area contributed by atoms with E-state index in [1.165, 1.54) is 0 Å². The van der Waals surface area contributed by atoms with Gasteiger partial charge in [-0.3, -0.25) is 0 Å². The molecule has 1 aliphatic carbocycles. The van der Waals surface area contributed by atoms with Gasteiger partial charge in [-0.1, -0.05) is 36.4 Å². The van der Waals surface area contributed by atoms with Crippen molar-refractivity contribution in [3.8, 4) is 0 Å². The largest absolute Gasteiger partial charge is 0.377 e. The number of hydrogen-bond acceptors (Lipinski definition) is 3. The zero-order valence-corrected chi connectivity index (χ0v) is 12.1. The van der Waals surface area contributed by atoms with E-state index in [1.54, 1.807) is 38.5 Å². The molecule has 0 atom stereocenters. The highest BCUT2D eigenvalue weighted by Gasteiger charge is 2.34. The molecular formula is C17H20O3. The first-order chi connectivity index (χ1) is 9.46. The summed E-state index contributed by atoms with van der Waals surface area (Å²) >= 11 is 0. The molecule has 1 N–H and O–H groups in total. The van der Waals surface area contributed by atoms with E-state index in [-0.39, 0.29) is 0 Å². The minimum Gasteiger partial charge on any atom is -0.377 e. The number of allylic oxidation sites excluding steroid dienone is 1. The van der Waals surface area contributed by atoms with Crippen molar-refractivity contribution in [2.24, 2.45) is 0 Å². The summed E-state index contributed by atoms with van der Waals surface area (Å²) in [6.45, 7) is 5.89.